The predicted molar refractivity (Wildman–Crippen MR) is 175 cm³/mol. The van der Waals surface area contributed by atoms with E-state index in [1.54, 1.807) is 46.0 Å². The monoisotopic (exact) mass is 627 g/mol. The first-order valence-electron chi connectivity index (χ1n) is 14.8. The van der Waals surface area contributed by atoms with Crippen LogP contribution in [0.3, 0.4) is 0 Å². The molecule has 0 atom stereocenters. The fraction of sp³-hybridized carbons (Fsp3) is 0.312. The number of morpholine rings is 1. The molecule has 234 valence electrons. The van der Waals surface area contributed by atoms with Gasteiger partial charge in [0.15, 0.2) is 0 Å². The third-order valence-corrected chi connectivity index (χ3v) is 8.79. The summed E-state index contributed by atoms with van der Waals surface area (Å²) in [5.41, 5.74) is 6.38. The van der Waals surface area contributed by atoms with Crippen LogP contribution in [0.2, 0.25) is 0 Å². The number of carbonyl (C=O) groups excluding carboxylic acids is 2. The number of pyridine rings is 1. The van der Waals surface area contributed by atoms with Gasteiger partial charge in [-0.1, -0.05) is 0 Å². The summed E-state index contributed by atoms with van der Waals surface area (Å²) in [5, 5.41) is 12.4. The minimum Gasteiger partial charge on any atom is -0.379 e. The smallest absolute Gasteiger partial charge is 0.272 e. The van der Waals surface area contributed by atoms with Crippen molar-refractivity contribution in [1.82, 2.24) is 33.9 Å². The van der Waals surface area contributed by atoms with Crippen LogP contribution >= 0.6 is 11.3 Å². The van der Waals surface area contributed by atoms with Crippen LogP contribution in [-0.2, 0) is 32.4 Å². The molecule has 0 unspecified atom stereocenters. The van der Waals surface area contributed by atoms with Crippen molar-refractivity contribution in [3.8, 4) is 21.8 Å². The summed E-state index contributed by atoms with van der Waals surface area (Å²) in [6, 6.07) is 9.51. The van der Waals surface area contributed by atoms with Crippen molar-refractivity contribution < 1.29 is 14.3 Å². The molecular weight excluding hydrogens is 590 g/mol. The third-order valence-electron chi connectivity index (χ3n) is 7.90. The molecule has 0 saturated carbocycles. The largest absolute Gasteiger partial charge is 0.379 e. The predicted octanol–water partition coefficient (Wildman–Crippen LogP) is 3.81. The molecule has 5 aromatic rings. The Bertz CT molecular complexity index is 1780. The van der Waals surface area contributed by atoms with Gasteiger partial charge in [0.1, 0.15) is 16.4 Å². The Hall–Kier alpha value is -4.72. The zero-order chi connectivity index (χ0) is 31.3. The van der Waals surface area contributed by atoms with Gasteiger partial charge in [0.25, 0.3) is 11.8 Å². The number of aryl methyl sites for hydroxylation is 3. The third kappa shape index (κ3) is 7.00. The fourth-order valence-corrected chi connectivity index (χ4v) is 6.22. The van der Waals surface area contributed by atoms with Gasteiger partial charge in [-0.15, -0.1) is 11.3 Å². The number of ether oxygens (including phenoxy) is 1. The van der Waals surface area contributed by atoms with E-state index in [0.29, 0.717) is 30.2 Å². The van der Waals surface area contributed by atoms with Crippen molar-refractivity contribution in [3.63, 3.8) is 0 Å². The summed E-state index contributed by atoms with van der Waals surface area (Å²) in [4.78, 5) is 37.4. The number of carbonyl (C=O) groups is 2. The second-order valence-corrected chi connectivity index (χ2v) is 11.9. The zero-order valence-electron chi connectivity index (χ0n) is 25.6. The molecule has 2 amide bonds. The van der Waals surface area contributed by atoms with Crippen LogP contribution in [0.4, 0.5) is 11.4 Å². The molecule has 1 saturated heterocycles. The second-order valence-electron chi connectivity index (χ2n) is 11.0. The lowest BCUT2D eigenvalue weighted by Crippen LogP contribution is -2.41. The van der Waals surface area contributed by atoms with Gasteiger partial charge in [-0.3, -0.25) is 19.5 Å². The van der Waals surface area contributed by atoms with Crippen LogP contribution in [0.15, 0.2) is 66.7 Å². The molecule has 5 aromatic heterocycles. The first-order chi connectivity index (χ1) is 21.9. The molecule has 0 spiro atoms. The van der Waals surface area contributed by atoms with E-state index in [4.69, 9.17) is 9.72 Å². The Morgan fingerprint density at radius 1 is 0.978 bits per heavy atom. The molecule has 1 fully saturated rings. The summed E-state index contributed by atoms with van der Waals surface area (Å²) >= 11 is 1.59. The van der Waals surface area contributed by atoms with E-state index in [1.165, 1.54) is 0 Å². The zero-order valence-corrected chi connectivity index (χ0v) is 26.4. The number of amides is 2. The quantitative estimate of drug-likeness (QED) is 0.204. The molecular formula is C32H37N9O3S. The maximum absolute atomic E-state index is 13.2. The van der Waals surface area contributed by atoms with Gasteiger partial charge in [-0.25, -0.2) is 4.98 Å². The van der Waals surface area contributed by atoms with Crippen molar-refractivity contribution in [2.45, 2.75) is 6.54 Å². The van der Waals surface area contributed by atoms with E-state index in [-0.39, 0.29) is 11.8 Å². The lowest BCUT2D eigenvalue weighted by Gasteiger charge is -2.26. The van der Waals surface area contributed by atoms with Crippen LogP contribution in [-0.4, -0.2) is 79.8 Å². The average Bonchev–Trinajstić information content (AvgIpc) is 3.83. The Morgan fingerprint density at radius 2 is 1.73 bits per heavy atom. The first kappa shape index (κ1) is 30.3. The normalized spacial score (nSPS) is 13.6. The lowest BCUT2D eigenvalue weighted by atomic mass is 10.2. The van der Waals surface area contributed by atoms with Crippen molar-refractivity contribution >= 4 is 34.5 Å². The summed E-state index contributed by atoms with van der Waals surface area (Å²) in [6.07, 6.45) is 9.23. The van der Waals surface area contributed by atoms with E-state index in [9.17, 15) is 9.59 Å². The molecule has 0 aliphatic carbocycles. The molecule has 3 N–H and O–H groups in total. The summed E-state index contributed by atoms with van der Waals surface area (Å²) in [5.74, 6) is -0.442. The number of rotatable bonds is 11. The van der Waals surface area contributed by atoms with Crippen LogP contribution in [0.25, 0.3) is 21.8 Å². The molecule has 1 aliphatic rings. The van der Waals surface area contributed by atoms with Gasteiger partial charge in [0.2, 0.25) is 0 Å². The van der Waals surface area contributed by atoms with Gasteiger partial charge < -0.3 is 34.4 Å². The topological polar surface area (TPSA) is 123 Å². The van der Waals surface area contributed by atoms with Gasteiger partial charge in [0, 0.05) is 101 Å². The maximum atomic E-state index is 13.2. The summed E-state index contributed by atoms with van der Waals surface area (Å²) in [7, 11) is 5.64. The molecule has 13 heteroatoms. The molecule has 45 heavy (non-hydrogen) atoms. The lowest BCUT2D eigenvalue weighted by molar-refractivity contribution is 0.0383. The molecule has 0 aromatic carbocycles. The first-order valence-corrected chi connectivity index (χ1v) is 15.7. The standard InChI is InChI=1S/C32H37N9O3S/c1-38-9-6-25(26-21-45-32(37-26)22-5-4-7-33-17-22)29(38)18-35-23-15-28(39(2)19-23)31(43)36-24-16-27(40(3)20-24)30(42)34-8-10-41-11-13-44-14-12-41/h4-7,9,15-17,19-21,35H,8,10-14,18H2,1-3H3,(H,34,42)(H,36,43). The molecule has 6 rings (SSSR count). The number of thiazole rings is 1. The molecule has 12 nitrogen and oxygen atoms in total. The molecule has 1 aliphatic heterocycles. The number of nitrogens with one attached hydrogen (secondary N) is 3. The Morgan fingerprint density at radius 3 is 2.51 bits per heavy atom. The van der Waals surface area contributed by atoms with E-state index in [0.717, 1.165) is 66.1 Å². The highest BCUT2D eigenvalue weighted by molar-refractivity contribution is 7.13. The summed E-state index contributed by atoms with van der Waals surface area (Å²) in [6.45, 7) is 5.07. The number of hydrogen-bond acceptors (Lipinski definition) is 8. The molecule has 0 bridgehead atoms. The Balaban J connectivity index is 1.06. The van der Waals surface area contributed by atoms with E-state index < -0.39 is 0 Å². The van der Waals surface area contributed by atoms with Crippen LogP contribution in [0.1, 0.15) is 26.7 Å². The Labute approximate surface area is 265 Å². The maximum Gasteiger partial charge on any atom is 0.272 e. The van der Waals surface area contributed by atoms with Crippen LogP contribution in [0.5, 0.6) is 0 Å². The van der Waals surface area contributed by atoms with Crippen LogP contribution in [0, 0.1) is 0 Å². The molecule has 6 heterocycles. The van der Waals surface area contributed by atoms with Crippen molar-refractivity contribution in [2.75, 3.05) is 50.0 Å². The average molecular weight is 628 g/mol. The summed E-state index contributed by atoms with van der Waals surface area (Å²) < 4.78 is 11.0. The number of hydrogen-bond donors (Lipinski definition) is 3. The number of anilines is 2. The molecule has 0 radical (unpaired) electrons. The minimum absolute atomic E-state index is 0.178. The van der Waals surface area contributed by atoms with Gasteiger partial charge in [0.05, 0.1) is 36.8 Å². The van der Waals surface area contributed by atoms with E-state index in [1.807, 2.05) is 50.9 Å². The SMILES string of the molecule is Cn1cc(NC(=O)c2cc(NCc3c(-c4csc(-c5cccnc5)n4)ccn3C)cn2C)cc1C(=O)NCCN1CCOCC1. The second kappa shape index (κ2) is 13.5. The van der Waals surface area contributed by atoms with Gasteiger partial charge in [-0.05, 0) is 30.3 Å². The number of aromatic nitrogens is 5. The highest BCUT2D eigenvalue weighted by Crippen LogP contribution is 2.31. The van der Waals surface area contributed by atoms with Crippen LogP contribution < -0.4 is 16.0 Å². The highest BCUT2D eigenvalue weighted by Gasteiger charge is 2.18. The van der Waals surface area contributed by atoms with Crippen molar-refractivity contribution in [3.05, 3.63) is 83.8 Å². The van der Waals surface area contributed by atoms with Gasteiger partial charge >= 0.3 is 0 Å². The number of nitrogens with zero attached hydrogens (tertiary/aromatic N) is 6. The van der Waals surface area contributed by atoms with Crippen molar-refractivity contribution in [2.24, 2.45) is 21.1 Å². The van der Waals surface area contributed by atoms with Gasteiger partial charge in [-0.2, -0.15) is 0 Å². The van der Waals surface area contributed by atoms with Crippen molar-refractivity contribution in [1.29, 1.82) is 0 Å². The minimum atomic E-state index is -0.264. The highest BCUT2D eigenvalue weighted by atomic mass is 32.1. The Kier molecular flexibility index (Phi) is 9.10. The van der Waals surface area contributed by atoms with E-state index in [2.05, 4.69) is 41.8 Å². The fourth-order valence-electron chi connectivity index (χ4n) is 5.40. The van der Waals surface area contributed by atoms with E-state index >= 15 is 0 Å².